The first-order valence-electron chi connectivity index (χ1n) is 9.40. The number of hydrogen-bond acceptors (Lipinski definition) is 3. The molecule has 1 aromatic heterocycles. The molecule has 0 radical (unpaired) electrons. The van der Waals surface area contributed by atoms with Gasteiger partial charge < -0.3 is 4.74 Å². The number of carbonyl (C=O) groups excluding carboxylic acids is 1. The van der Waals surface area contributed by atoms with Crippen molar-refractivity contribution in [3.05, 3.63) is 70.4 Å². The Bertz CT molecular complexity index is 1100. The lowest BCUT2D eigenvalue weighted by molar-refractivity contribution is -0.401. The van der Waals surface area contributed by atoms with Gasteiger partial charge in [-0.15, -0.1) is 11.3 Å². The fourth-order valence-corrected chi connectivity index (χ4v) is 4.99. The molecule has 4 rings (SSSR count). The van der Waals surface area contributed by atoms with E-state index in [2.05, 4.69) is 84.6 Å². The van der Waals surface area contributed by atoms with Crippen molar-refractivity contribution in [2.24, 2.45) is 0 Å². The normalized spacial score (nSPS) is 19.0. The Labute approximate surface area is 169 Å². The molecule has 0 aliphatic carbocycles. The smallest absolute Gasteiger partial charge is 0.210 e. The van der Waals surface area contributed by atoms with E-state index < -0.39 is 5.41 Å². The third-order valence-electron chi connectivity index (χ3n) is 5.55. The molecule has 2 aromatic carbocycles. The van der Waals surface area contributed by atoms with Crippen molar-refractivity contribution in [3.63, 3.8) is 0 Å². The van der Waals surface area contributed by atoms with Crippen molar-refractivity contribution in [2.45, 2.75) is 18.8 Å². The number of fused-ring (bicyclic) bond motifs is 3. The van der Waals surface area contributed by atoms with Crippen LogP contribution in [-0.4, -0.2) is 36.8 Å². The van der Waals surface area contributed by atoms with Gasteiger partial charge in [-0.25, -0.2) is 0 Å². The van der Waals surface area contributed by atoms with Gasteiger partial charge in [0.15, 0.2) is 11.5 Å². The number of nitrogens with zero attached hydrogens (tertiary/aromatic N) is 1. The van der Waals surface area contributed by atoms with Gasteiger partial charge in [-0.1, -0.05) is 30.3 Å². The van der Waals surface area contributed by atoms with Crippen molar-refractivity contribution in [3.8, 4) is 0 Å². The lowest BCUT2D eigenvalue weighted by Crippen LogP contribution is -2.34. The average molecular weight is 391 g/mol. The molecule has 0 bridgehead atoms. The molecule has 1 atom stereocenters. The lowest BCUT2D eigenvalue weighted by atomic mass is 9.73. The van der Waals surface area contributed by atoms with E-state index in [1.165, 1.54) is 21.2 Å². The van der Waals surface area contributed by atoms with Gasteiger partial charge in [0.25, 0.3) is 0 Å². The van der Waals surface area contributed by atoms with Crippen LogP contribution in [0.2, 0.25) is 0 Å². The Hall–Kier alpha value is -2.56. The van der Waals surface area contributed by atoms with E-state index in [0.29, 0.717) is 6.42 Å². The summed E-state index contributed by atoms with van der Waals surface area (Å²) in [5.74, 6) is 0.112. The fraction of sp³-hybridized carbons (Fsp3) is 0.250. The summed E-state index contributed by atoms with van der Waals surface area (Å²) < 4.78 is 7.35. The van der Waals surface area contributed by atoms with Crippen LogP contribution in [0.3, 0.4) is 0 Å². The molecule has 4 heteroatoms. The molecule has 0 fully saturated rings. The van der Waals surface area contributed by atoms with Gasteiger partial charge in [0.2, 0.25) is 5.69 Å². The van der Waals surface area contributed by atoms with Crippen LogP contribution in [0, 0.1) is 0 Å². The number of methoxy groups -OCH3 is 1. The number of Topliss-reactive ketones (excluding diaryl/α,β-unsaturated/α-hetero) is 1. The van der Waals surface area contributed by atoms with Crippen LogP contribution < -0.4 is 0 Å². The second-order valence-corrected chi connectivity index (χ2v) is 8.43. The number of benzene rings is 2. The summed E-state index contributed by atoms with van der Waals surface area (Å²) in [6.07, 6.45) is 4.72. The van der Waals surface area contributed by atoms with Crippen LogP contribution in [-0.2, 0) is 14.9 Å². The highest BCUT2D eigenvalue weighted by molar-refractivity contribution is 7.10. The van der Waals surface area contributed by atoms with Crippen LogP contribution in [0.1, 0.15) is 23.8 Å². The molecular formula is C24H24NO2S+. The molecule has 0 N–H and O–H groups in total. The third-order valence-corrected chi connectivity index (χ3v) is 6.39. The molecule has 1 aliphatic rings. The molecule has 3 aromatic rings. The van der Waals surface area contributed by atoms with Crippen LogP contribution >= 0.6 is 11.3 Å². The maximum absolute atomic E-state index is 12.7. The molecule has 0 amide bonds. The number of ketones is 1. The van der Waals surface area contributed by atoms with E-state index in [4.69, 9.17) is 4.74 Å². The van der Waals surface area contributed by atoms with Gasteiger partial charge >= 0.3 is 0 Å². The standard InChI is InChI=1S/C24H24NO2S/c1-24(15-18(26)16-27-3)22(13-11-19-8-6-14-28-19)25(2)21-12-10-17-7-4-5-9-20(17)23(21)24/h4-14H,15-16H2,1-3H3/q+1/b13-11+. The molecule has 1 unspecified atom stereocenters. The first-order valence-corrected chi connectivity index (χ1v) is 10.3. The second-order valence-electron chi connectivity index (χ2n) is 7.45. The van der Waals surface area contributed by atoms with Crippen LogP contribution in [0.4, 0.5) is 5.69 Å². The maximum atomic E-state index is 12.7. The summed E-state index contributed by atoms with van der Waals surface area (Å²) in [7, 11) is 3.67. The van der Waals surface area contributed by atoms with Crippen LogP contribution in [0.5, 0.6) is 0 Å². The Kier molecular flexibility index (Phi) is 5.00. The Morgan fingerprint density at radius 3 is 2.71 bits per heavy atom. The van der Waals surface area contributed by atoms with E-state index in [1.807, 2.05) is 0 Å². The van der Waals surface area contributed by atoms with Gasteiger partial charge in [0, 0.05) is 36.1 Å². The van der Waals surface area contributed by atoms with Crippen molar-refractivity contribution < 1.29 is 14.1 Å². The van der Waals surface area contributed by atoms with E-state index in [1.54, 1.807) is 18.4 Å². The van der Waals surface area contributed by atoms with Gasteiger partial charge in [0.1, 0.15) is 13.7 Å². The first-order chi connectivity index (χ1) is 13.5. The highest BCUT2D eigenvalue weighted by Crippen LogP contribution is 2.46. The summed E-state index contributed by atoms with van der Waals surface area (Å²) in [6, 6.07) is 16.9. The zero-order valence-corrected chi connectivity index (χ0v) is 17.3. The lowest BCUT2D eigenvalue weighted by Gasteiger charge is -2.23. The quantitative estimate of drug-likeness (QED) is 0.541. The largest absolute Gasteiger partial charge is 0.377 e. The van der Waals surface area contributed by atoms with Crippen molar-refractivity contribution >= 4 is 45.4 Å². The van der Waals surface area contributed by atoms with E-state index in [-0.39, 0.29) is 12.4 Å². The van der Waals surface area contributed by atoms with Crippen molar-refractivity contribution in [1.82, 2.24) is 0 Å². The summed E-state index contributed by atoms with van der Waals surface area (Å²) in [4.78, 5) is 13.9. The molecule has 3 nitrogen and oxygen atoms in total. The second kappa shape index (κ2) is 7.46. The van der Waals surface area contributed by atoms with Crippen LogP contribution in [0.25, 0.3) is 16.8 Å². The summed E-state index contributed by atoms with van der Waals surface area (Å²) in [5.41, 5.74) is 3.12. The topological polar surface area (TPSA) is 29.3 Å². The van der Waals surface area contributed by atoms with E-state index in [0.717, 1.165) is 11.4 Å². The Morgan fingerprint density at radius 1 is 1.14 bits per heavy atom. The number of carbonyl (C=O) groups is 1. The average Bonchev–Trinajstić information content (AvgIpc) is 3.26. The van der Waals surface area contributed by atoms with Gasteiger partial charge in [-0.05, 0) is 41.3 Å². The highest BCUT2D eigenvalue weighted by Gasteiger charge is 2.48. The van der Waals surface area contributed by atoms with Gasteiger partial charge in [-0.3, -0.25) is 4.79 Å². The minimum atomic E-state index is -0.408. The molecule has 1 aliphatic heterocycles. The zero-order chi connectivity index (χ0) is 19.7. The Morgan fingerprint density at radius 2 is 1.96 bits per heavy atom. The number of ether oxygens (including phenoxy) is 1. The number of allylic oxidation sites excluding steroid dienone is 1. The number of thiophene rings is 1. The van der Waals surface area contributed by atoms with Crippen LogP contribution in [0.15, 0.2) is 60.0 Å². The predicted octanol–water partition coefficient (Wildman–Crippen LogP) is 5.21. The van der Waals surface area contributed by atoms with E-state index in [9.17, 15) is 4.79 Å². The maximum Gasteiger partial charge on any atom is 0.210 e. The number of rotatable bonds is 6. The molecule has 28 heavy (non-hydrogen) atoms. The molecule has 142 valence electrons. The Balaban J connectivity index is 1.89. The zero-order valence-electron chi connectivity index (χ0n) is 16.4. The summed E-state index contributed by atoms with van der Waals surface area (Å²) in [6.45, 7) is 2.32. The number of hydrogen-bond donors (Lipinski definition) is 0. The van der Waals surface area contributed by atoms with Gasteiger partial charge in [0.05, 0.1) is 5.41 Å². The summed E-state index contributed by atoms with van der Waals surface area (Å²) >= 11 is 1.71. The molecule has 0 saturated carbocycles. The van der Waals surface area contributed by atoms with Crippen molar-refractivity contribution in [1.29, 1.82) is 0 Å². The minimum Gasteiger partial charge on any atom is -0.377 e. The van der Waals surface area contributed by atoms with Gasteiger partial charge in [-0.2, -0.15) is 4.58 Å². The molecule has 0 saturated heterocycles. The predicted molar refractivity (Wildman–Crippen MR) is 117 cm³/mol. The molecule has 2 heterocycles. The molecular weight excluding hydrogens is 366 g/mol. The van der Waals surface area contributed by atoms with Crippen molar-refractivity contribution in [2.75, 3.05) is 20.8 Å². The SMILES string of the molecule is COCC(=O)CC1(C)C(/C=C/c2cccs2)=[N+](C)c2ccc3ccccc3c21. The highest BCUT2D eigenvalue weighted by atomic mass is 32.1. The molecule has 0 spiro atoms. The van der Waals surface area contributed by atoms with E-state index >= 15 is 0 Å². The fourth-order valence-electron chi connectivity index (χ4n) is 4.38. The minimum absolute atomic E-state index is 0.112. The first kappa shape index (κ1) is 18.8. The monoisotopic (exact) mass is 390 g/mol. The third kappa shape index (κ3) is 3.13. The summed E-state index contributed by atoms with van der Waals surface area (Å²) in [5, 5.41) is 4.48.